The molecule has 2 rings (SSSR count). The van der Waals surface area contributed by atoms with Crippen LogP contribution in [-0.4, -0.2) is 62.1 Å². The first kappa shape index (κ1) is 15.8. The number of nitrogens with zero attached hydrogens (tertiary/aromatic N) is 1. The zero-order chi connectivity index (χ0) is 15.3. The molecule has 116 valence electrons. The second-order valence-corrected chi connectivity index (χ2v) is 7.33. The molecule has 1 aliphatic heterocycles. The van der Waals surface area contributed by atoms with E-state index in [9.17, 15) is 13.2 Å². The van der Waals surface area contributed by atoms with Gasteiger partial charge < -0.3 is 14.7 Å². The van der Waals surface area contributed by atoms with Gasteiger partial charge in [-0.25, -0.2) is 13.2 Å². The van der Waals surface area contributed by atoms with Crippen LogP contribution in [0.4, 0.5) is 0 Å². The van der Waals surface area contributed by atoms with Crippen molar-refractivity contribution in [2.75, 3.05) is 37.7 Å². The van der Waals surface area contributed by atoms with Crippen LogP contribution in [0, 0.1) is 0 Å². The number of hydrogen-bond acceptors (Lipinski definition) is 5. The van der Waals surface area contributed by atoms with Crippen LogP contribution in [0.2, 0.25) is 0 Å². The monoisotopic (exact) mass is 313 g/mol. The molecule has 0 amide bonds. The highest BCUT2D eigenvalue weighted by Crippen LogP contribution is 2.12. The summed E-state index contributed by atoms with van der Waals surface area (Å²) in [6.45, 7) is 2.52. The van der Waals surface area contributed by atoms with Gasteiger partial charge in [-0.05, 0) is 30.7 Å². The standard InChI is InChI=1S/C14H19NO5S/c16-14(17)12-2-4-13(5-3-12)20-9-1-6-15-7-10-21(18,19)11-8-15/h2-5H,1,6-11H2,(H,16,17). The van der Waals surface area contributed by atoms with Crippen LogP contribution in [-0.2, 0) is 9.84 Å². The van der Waals surface area contributed by atoms with Gasteiger partial charge in [-0.2, -0.15) is 0 Å². The van der Waals surface area contributed by atoms with Gasteiger partial charge in [-0.15, -0.1) is 0 Å². The van der Waals surface area contributed by atoms with Gasteiger partial charge in [0, 0.05) is 19.6 Å². The summed E-state index contributed by atoms with van der Waals surface area (Å²) in [5.41, 5.74) is 0.233. The van der Waals surface area contributed by atoms with Gasteiger partial charge in [0.15, 0.2) is 9.84 Å². The molecular formula is C14H19NO5S. The van der Waals surface area contributed by atoms with Crippen LogP contribution in [0.5, 0.6) is 5.75 Å². The minimum absolute atomic E-state index is 0.233. The van der Waals surface area contributed by atoms with E-state index < -0.39 is 15.8 Å². The second kappa shape index (κ2) is 6.91. The normalized spacial score (nSPS) is 18.3. The van der Waals surface area contributed by atoms with Crippen molar-refractivity contribution in [1.29, 1.82) is 0 Å². The minimum atomic E-state index is -2.82. The fourth-order valence-electron chi connectivity index (χ4n) is 2.15. The predicted octanol–water partition coefficient (Wildman–Crippen LogP) is 0.884. The van der Waals surface area contributed by atoms with Gasteiger partial charge in [-0.1, -0.05) is 0 Å². The molecule has 0 radical (unpaired) electrons. The number of aromatic carboxylic acids is 1. The number of benzene rings is 1. The maximum Gasteiger partial charge on any atom is 0.335 e. The Bertz CT molecular complexity index is 568. The molecule has 0 unspecified atom stereocenters. The number of hydrogen-bond donors (Lipinski definition) is 1. The summed E-state index contributed by atoms with van der Waals surface area (Å²) in [5, 5.41) is 8.78. The van der Waals surface area contributed by atoms with Crippen LogP contribution in [0.25, 0.3) is 0 Å². The van der Waals surface area contributed by atoms with E-state index in [1.165, 1.54) is 12.1 Å². The molecule has 1 N–H and O–H groups in total. The molecule has 1 fully saturated rings. The van der Waals surface area contributed by atoms with E-state index >= 15 is 0 Å². The van der Waals surface area contributed by atoms with E-state index in [0.29, 0.717) is 25.4 Å². The van der Waals surface area contributed by atoms with Crippen molar-refractivity contribution >= 4 is 15.8 Å². The van der Waals surface area contributed by atoms with Crippen LogP contribution in [0.15, 0.2) is 24.3 Å². The first-order valence-corrected chi connectivity index (χ1v) is 8.67. The highest BCUT2D eigenvalue weighted by Gasteiger charge is 2.20. The zero-order valence-corrected chi connectivity index (χ0v) is 12.5. The van der Waals surface area contributed by atoms with Crippen molar-refractivity contribution in [2.24, 2.45) is 0 Å². The van der Waals surface area contributed by atoms with E-state index in [4.69, 9.17) is 9.84 Å². The number of carboxylic acids is 1. The highest BCUT2D eigenvalue weighted by molar-refractivity contribution is 7.91. The molecular weight excluding hydrogens is 294 g/mol. The van der Waals surface area contributed by atoms with Crippen molar-refractivity contribution in [3.05, 3.63) is 29.8 Å². The Morgan fingerprint density at radius 3 is 2.38 bits per heavy atom. The van der Waals surface area contributed by atoms with E-state index in [0.717, 1.165) is 13.0 Å². The molecule has 7 heteroatoms. The number of ether oxygens (including phenoxy) is 1. The van der Waals surface area contributed by atoms with Crippen molar-refractivity contribution in [3.8, 4) is 5.75 Å². The lowest BCUT2D eigenvalue weighted by molar-refractivity contribution is 0.0697. The molecule has 0 aromatic heterocycles. The lowest BCUT2D eigenvalue weighted by Crippen LogP contribution is -2.40. The lowest BCUT2D eigenvalue weighted by atomic mass is 10.2. The van der Waals surface area contributed by atoms with Crippen molar-refractivity contribution in [3.63, 3.8) is 0 Å². The Morgan fingerprint density at radius 2 is 1.81 bits per heavy atom. The van der Waals surface area contributed by atoms with Gasteiger partial charge in [0.25, 0.3) is 0 Å². The van der Waals surface area contributed by atoms with Crippen LogP contribution in [0.3, 0.4) is 0 Å². The highest BCUT2D eigenvalue weighted by atomic mass is 32.2. The van der Waals surface area contributed by atoms with Gasteiger partial charge >= 0.3 is 5.97 Å². The summed E-state index contributed by atoms with van der Waals surface area (Å²) in [5.74, 6) is 0.164. The summed E-state index contributed by atoms with van der Waals surface area (Å²) in [6, 6.07) is 6.29. The second-order valence-electron chi connectivity index (χ2n) is 5.03. The maximum absolute atomic E-state index is 11.3. The summed E-state index contributed by atoms with van der Waals surface area (Å²) in [6.07, 6.45) is 0.806. The molecule has 0 atom stereocenters. The molecule has 1 aliphatic rings. The van der Waals surface area contributed by atoms with E-state index in [2.05, 4.69) is 4.90 Å². The fourth-order valence-corrected chi connectivity index (χ4v) is 3.42. The molecule has 1 aromatic carbocycles. The number of carbonyl (C=O) groups is 1. The lowest BCUT2D eigenvalue weighted by Gasteiger charge is -2.26. The number of sulfone groups is 1. The molecule has 1 saturated heterocycles. The van der Waals surface area contributed by atoms with Crippen molar-refractivity contribution < 1.29 is 23.1 Å². The largest absolute Gasteiger partial charge is 0.494 e. The van der Waals surface area contributed by atoms with Crippen molar-refractivity contribution in [2.45, 2.75) is 6.42 Å². The van der Waals surface area contributed by atoms with Gasteiger partial charge in [0.1, 0.15) is 5.75 Å². The number of rotatable bonds is 6. The van der Waals surface area contributed by atoms with E-state index in [1.807, 2.05) is 0 Å². The molecule has 0 aliphatic carbocycles. The van der Waals surface area contributed by atoms with Gasteiger partial charge in [0.05, 0.1) is 23.7 Å². The summed E-state index contributed by atoms with van der Waals surface area (Å²) >= 11 is 0. The van der Waals surface area contributed by atoms with Gasteiger partial charge in [-0.3, -0.25) is 0 Å². The summed E-state index contributed by atoms with van der Waals surface area (Å²) < 4.78 is 28.1. The Kier molecular flexibility index (Phi) is 5.19. The van der Waals surface area contributed by atoms with E-state index in [1.54, 1.807) is 12.1 Å². The fraction of sp³-hybridized carbons (Fsp3) is 0.500. The molecule has 21 heavy (non-hydrogen) atoms. The molecule has 1 heterocycles. The number of carboxylic acid groups (broad SMARTS) is 1. The Hall–Kier alpha value is -1.60. The minimum Gasteiger partial charge on any atom is -0.494 e. The Labute approximate surface area is 124 Å². The smallest absolute Gasteiger partial charge is 0.335 e. The first-order valence-electron chi connectivity index (χ1n) is 6.85. The van der Waals surface area contributed by atoms with Crippen LogP contribution >= 0.6 is 0 Å². The Balaban J connectivity index is 1.67. The Morgan fingerprint density at radius 1 is 1.19 bits per heavy atom. The summed E-state index contributed by atoms with van der Waals surface area (Å²) in [7, 11) is -2.82. The molecule has 0 saturated carbocycles. The van der Waals surface area contributed by atoms with Crippen LogP contribution < -0.4 is 4.74 Å². The molecule has 6 nitrogen and oxygen atoms in total. The van der Waals surface area contributed by atoms with Gasteiger partial charge in [0.2, 0.25) is 0 Å². The van der Waals surface area contributed by atoms with E-state index in [-0.39, 0.29) is 17.1 Å². The molecule has 0 spiro atoms. The third kappa shape index (κ3) is 5.02. The topological polar surface area (TPSA) is 83.9 Å². The zero-order valence-electron chi connectivity index (χ0n) is 11.7. The third-order valence-electron chi connectivity index (χ3n) is 3.43. The van der Waals surface area contributed by atoms with Crippen LogP contribution in [0.1, 0.15) is 16.8 Å². The SMILES string of the molecule is O=C(O)c1ccc(OCCCN2CCS(=O)(=O)CC2)cc1. The first-order chi connectivity index (χ1) is 9.96. The predicted molar refractivity (Wildman–Crippen MR) is 78.6 cm³/mol. The molecule has 1 aromatic rings. The third-order valence-corrected chi connectivity index (χ3v) is 5.03. The maximum atomic E-state index is 11.3. The quantitative estimate of drug-likeness (QED) is 0.785. The summed E-state index contributed by atoms with van der Waals surface area (Å²) in [4.78, 5) is 12.8. The van der Waals surface area contributed by atoms with Crippen molar-refractivity contribution in [1.82, 2.24) is 4.90 Å². The average Bonchev–Trinajstić information content (AvgIpc) is 2.45. The average molecular weight is 313 g/mol. The molecule has 0 bridgehead atoms.